The number of thiazole rings is 1. The van der Waals surface area contributed by atoms with Crippen molar-refractivity contribution >= 4 is 39.3 Å². The molecule has 0 unspecified atom stereocenters. The first-order valence-corrected chi connectivity index (χ1v) is 14.5. The van der Waals surface area contributed by atoms with E-state index < -0.39 is 12.0 Å². The van der Waals surface area contributed by atoms with Crippen molar-refractivity contribution in [3.63, 3.8) is 0 Å². The molecule has 0 aliphatic carbocycles. The molecule has 1 aliphatic heterocycles. The van der Waals surface area contributed by atoms with Gasteiger partial charge in [-0.2, -0.15) is 0 Å². The van der Waals surface area contributed by atoms with Gasteiger partial charge in [-0.15, -0.1) is 6.58 Å². The van der Waals surface area contributed by atoms with Crippen LogP contribution in [0.1, 0.15) is 43.5 Å². The lowest BCUT2D eigenvalue weighted by Gasteiger charge is -2.26. The minimum atomic E-state index is -0.850. The molecule has 4 rings (SSSR count). The Hall–Kier alpha value is -3.83. The summed E-state index contributed by atoms with van der Waals surface area (Å²) in [6, 6.07) is 6.08. The van der Waals surface area contributed by atoms with Gasteiger partial charge in [0, 0.05) is 10.0 Å². The van der Waals surface area contributed by atoms with E-state index in [0.717, 1.165) is 0 Å². The van der Waals surface area contributed by atoms with Gasteiger partial charge in [0.25, 0.3) is 5.56 Å². The van der Waals surface area contributed by atoms with E-state index in [0.29, 0.717) is 66.5 Å². The molecule has 1 N–H and O–H groups in total. The molecule has 2 heterocycles. The second kappa shape index (κ2) is 12.8. The Kier molecular flexibility index (Phi) is 9.39. The molecule has 41 heavy (non-hydrogen) atoms. The van der Waals surface area contributed by atoms with Crippen molar-refractivity contribution in [2.24, 2.45) is 4.99 Å². The number of benzene rings is 2. The lowest BCUT2D eigenvalue weighted by molar-refractivity contribution is -0.139. The van der Waals surface area contributed by atoms with E-state index in [1.165, 1.54) is 30.1 Å². The molecule has 216 valence electrons. The number of hydrogen-bond acceptors (Lipinski definition) is 9. The minimum absolute atomic E-state index is 0.0402. The van der Waals surface area contributed by atoms with Crippen LogP contribution in [0.2, 0.25) is 0 Å². The van der Waals surface area contributed by atoms with Gasteiger partial charge in [0.2, 0.25) is 0 Å². The number of carbonyl (C=O) groups excluding carboxylic acids is 1. The molecule has 11 heteroatoms. The van der Waals surface area contributed by atoms with Gasteiger partial charge in [-0.25, -0.2) is 9.79 Å². The molecule has 1 aliphatic rings. The van der Waals surface area contributed by atoms with E-state index in [2.05, 4.69) is 27.5 Å². The Morgan fingerprint density at radius 2 is 1.85 bits per heavy atom. The number of rotatable bonds is 10. The van der Waals surface area contributed by atoms with Gasteiger partial charge in [0.15, 0.2) is 27.8 Å². The number of halogens is 1. The second-order valence-electron chi connectivity index (χ2n) is 8.98. The van der Waals surface area contributed by atoms with Crippen LogP contribution in [0.3, 0.4) is 0 Å². The van der Waals surface area contributed by atoms with Crippen molar-refractivity contribution in [1.29, 1.82) is 0 Å². The van der Waals surface area contributed by atoms with Gasteiger partial charge in [-0.3, -0.25) is 9.36 Å². The van der Waals surface area contributed by atoms with Crippen LogP contribution in [0.5, 0.6) is 23.0 Å². The van der Waals surface area contributed by atoms with E-state index in [4.69, 9.17) is 18.9 Å². The number of aromatic nitrogens is 1. The van der Waals surface area contributed by atoms with E-state index >= 15 is 0 Å². The third-order valence-electron chi connectivity index (χ3n) is 6.45. The van der Waals surface area contributed by atoms with Crippen LogP contribution in [0.4, 0.5) is 0 Å². The maximum atomic E-state index is 14.1. The number of carbonyl (C=O) groups is 1. The fraction of sp³-hybridized carbons (Fsp3) is 0.300. The van der Waals surface area contributed by atoms with Gasteiger partial charge >= 0.3 is 5.97 Å². The summed E-state index contributed by atoms with van der Waals surface area (Å²) < 4.78 is 24.5. The standard InChI is InChI=1S/C30H31BrN2O7S/c1-7-10-18-11-17(12-23(27(18)34)39-8-2)13-24-28(35)33-26(19-14-21(37-5)22(38-6)15-20(19)31)25(29(36)40-9-3)16(4)32-30(33)41-24/h7,11-15,26,34H,1,8-10H2,2-6H3/b24-13+/t26-/m1/s1. The van der Waals surface area contributed by atoms with Gasteiger partial charge in [-0.05, 0) is 68.7 Å². The third kappa shape index (κ3) is 5.82. The third-order valence-corrected chi connectivity index (χ3v) is 8.12. The number of hydrogen-bond donors (Lipinski definition) is 1. The lowest BCUT2D eigenvalue weighted by Crippen LogP contribution is -2.40. The highest BCUT2D eigenvalue weighted by Gasteiger charge is 2.35. The fourth-order valence-corrected chi connectivity index (χ4v) is 6.25. The van der Waals surface area contributed by atoms with Crippen molar-refractivity contribution in [3.05, 3.63) is 89.0 Å². The van der Waals surface area contributed by atoms with Crippen molar-refractivity contribution in [2.45, 2.75) is 33.2 Å². The maximum absolute atomic E-state index is 14.1. The highest BCUT2D eigenvalue weighted by Crippen LogP contribution is 2.41. The number of esters is 1. The molecule has 0 spiro atoms. The Balaban J connectivity index is 2.00. The highest BCUT2D eigenvalue weighted by atomic mass is 79.9. The van der Waals surface area contributed by atoms with Crippen LogP contribution in [0.15, 0.2) is 62.5 Å². The Labute approximate surface area is 249 Å². The summed E-state index contributed by atoms with van der Waals surface area (Å²) in [5.74, 6) is 0.718. The van der Waals surface area contributed by atoms with Crippen LogP contribution >= 0.6 is 27.3 Å². The predicted octanol–water partition coefficient (Wildman–Crippen LogP) is 4.41. The number of phenols is 1. The molecule has 0 fully saturated rings. The quantitative estimate of drug-likeness (QED) is 0.258. The number of phenolic OH excluding ortho intramolecular Hbond substituents is 1. The maximum Gasteiger partial charge on any atom is 0.338 e. The molecule has 1 aromatic heterocycles. The molecule has 0 amide bonds. The van der Waals surface area contributed by atoms with Crippen LogP contribution < -0.4 is 29.1 Å². The summed E-state index contributed by atoms with van der Waals surface area (Å²) in [5.41, 5.74) is 2.24. The van der Waals surface area contributed by atoms with Crippen molar-refractivity contribution in [1.82, 2.24) is 4.57 Å². The largest absolute Gasteiger partial charge is 0.504 e. The predicted molar refractivity (Wildman–Crippen MR) is 161 cm³/mol. The Morgan fingerprint density at radius 1 is 1.15 bits per heavy atom. The topological polar surface area (TPSA) is 109 Å². The summed E-state index contributed by atoms with van der Waals surface area (Å²) in [7, 11) is 3.05. The zero-order valence-corrected chi connectivity index (χ0v) is 25.8. The van der Waals surface area contributed by atoms with Crippen LogP contribution in [-0.2, 0) is 16.0 Å². The SMILES string of the molecule is C=CCc1cc(/C=c2/sc3n(c2=O)[C@H](c2cc(OC)c(OC)cc2Br)C(C(=O)OCC)=C(C)N=3)cc(OCC)c1O. The summed E-state index contributed by atoms with van der Waals surface area (Å²) in [6.45, 7) is 9.56. The second-order valence-corrected chi connectivity index (χ2v) is 10.8. The molecule has 9 nitrogen and oxygen atoms in total. The van der Waals surface area contributed by atoms with Gasteiger partial charge < -0.3 is 24.1 Å². The smallest absolute Gasteiger partial charge is 0.338 e. The van der Waals surface area contributed by atoms with E-state index in [-0.39, 0.29) is 23.5 Å². The average molecular weight is 644 g/mol. The van der Waals surface area contributed by atoms with E-state index in [1.54, 1.807) is 50.3 Å². The van der Waals surface area contributed by atoms with Crippen LogP contribution in [0.25, 0.3) is 6.08 Å². The zero-order valence-electron chi connectivity index (χ0n) is 23.4. The Bertz CT molecular complexity index is 1720. The zero-order chi connectivity index (χ0) is 29.8. The highest BCUT2D eigenvalue weighted by molar-refractivity contribution is 9.10. The number of ether oxygens (including phenoxy) is 4. The summed E-state index contributed by atoms with van der Waals surface area (Å²) in [4.78, 5) is 32.4. The van der Waals surface area contributed by atoms with Crippen molar-refractivity contribution < 1.29 is 28.8 Å². The van der Waals surface area contributed by atoms with Crippen molar-refractivity contribution in [3.8, 4) is 23.0 Å². The Morgan fingerprint density at radius 3 is 2.49 bits per heavy atom. The number of fused-ring (bicyclic) bond motifs is 1. The van der Waals surface area contributed by atoms with Crippen LogP contribution in [-0.4, -0.2) is 43.1 Å². The molecular formula is C30H31BrN2O7S. The lowest BCUT2D eigenvalue weighted by atomic mass is 9.95. The molecule has 0 saturated carbocycles. The van der Waals surface area contributed by atoms with Gasteiger partial charge in [0.1, 0.15) is 0 Å². The average Bonchev–Trinajstić information content (AvgIpc) is 3.24. The molecule has 3 aromatic rings. The summed E-state index contributed by atoms with van der Waals surface area (Å²) in [6.07, 6.45) is 3.83. The van der Waals surface area contributed by atoms with Crippen molar-refractivity contribution in [2.75, 3.05) is 27.4 Å². The van der Waals surface area contributed by atoms with E-state index in [9.17, 15) is 14.7 Å². The molecule has 2 aromatic carbocycles. The molecule has 0 radical (unpaired) electrons. The molecular weight excluding hydrogens is 612 g/mol. The first-order chi connectivity index (χ1) is 19.7. The number of aromatic hydroxyl groups is 1. The van der Waals surface area contributed by atoms with Gasteiger partial charge in [0.05, 0.1) is 49.3 Å². The van der Waals surface area contributed by atoms with Gasteiger partial charge in [-0.1, -0.05) is 33.3 Å². The summed E-state index contributed by atoms with van der Waals surface area (Å²) in [5, 5.41) is 10.6. The first kappa shape index (κ1) is 30.1. The molecule has 1 atom stereocenters. The fourth-order valence-electron chi connectivity index (χ4n) is 4.67. The number of methoxy groups -OCH3 is 2. The number of nitrogens with zero attached hydrogens (tertiary/aromatic N) is 2. The van der Waals surface area contributed by atoms with E-state index in [1.807, 2.05) is 6.92 Å². The minimum Gasteiger partial charge on any atom is -0.504 e. The summed E-state index contributed by atoms with van der Waals surface area (Å²) >= 11 is 4.80. The normalized spacial score (nSPS) is 14.8. The monoisotopic (exact) mass is 642 g/mol. The molecule has 0 saturated heterocycles. The number of allylic oxidation sites excluding steroid dienone is 2. The van der Waals surface area contributed by atoms with Crippen LogP contribution in [0, 0.1) is 0 Å². The molecule has 0 bridgehead atoms. The first-order valence-electron chi connectivity index (χ1n) is 12.9.